The Labute approximate surface area is 97.9 Å². The summed E-state index contributed by atoms with van der Waals surface area (Å²) in [6.07, 6.45) is 0.389. The zero-order chi connectivity index (χ0) is 11.7. The summed E-state index contributed by atoms with van der Waals surface area (Å²) in [5.41, 5.74) is 4.40. The van der Waals surface area contributed by atoms with Gasteiger partial charge in [-0.1, -0.05) is 0 Å². The highest BCUT2D eigenvalue weighted by Crippen LogP contribution is 2.15. The number of hydrogen-bond donors (Lipinski definition) is 0. The maximum absolute atomic E-state index is 12.0. The molecule has 0 aromatic carbocycles. The molecular formula is C11H13N3OS. The van der Waals surface area contributed by atoms with Crippen molar-refractivity contribution in [2.75, 3.05) is 0 Å². The van der Waals surface area contributed by atoms with Crippen LogP contribution in [0.1, 0.15) is 26.8 Å². The van der Waals surface area contributed by atoms with Crippen LogP contribution < -0.4 is 0 Å². The first-order valence-corrected chi connectivity index (χ1v) is 5.88. The van der Waals surface area contributed by atoms with E-state index in [0.29, 0.717) is 6.42 Å². The lowest BCUT2D eigenvalue weighted by molar-refractivity contribution is 0.0994. The topological polar surface area (TPSA) is 47.8 Å². The monoisotopic (exact) mass is 235 g/mol. The van der Waals surface area contributed by atoms with Crippen LogP contribution in [0.2, 0.25) is 0 Å². The van der Waals surface area contributed by atoms with Crippen molar-refractivity contribution in [1.82, 2.24) is 14.8 Å². The number of carbonyl (C=O) groups is 1. The minimum Gasteiger partial charge on any atom is -0.293 e. The molecule has 0 aliphatic carbocycles. The molecule has 84 valence electrons. The predicted octanol–water partition coefficient (Wildman–Crippen LogP) is 1.92. The SMILES string of the molecule is Cc1cc(CC(=O)c2scnc2C)n(C)n1. The Bertz CT molecular complexity index is 527. The van der Waals surface area contributed by atoms with Crippen molar-refractivity contribution in [2.45, 2.75) is 20.3 Å². The third-order valence-corrected chi connectivity index (χ3v) is 3.41. The normalized spacial score (nSPS) is 10.7. The van der Waals surface area contributed by atoms with Crippen LogP contribution in [0.4, 0.5) is 0 Å². The van der Waals surface area contributed by atoms with Crippen LogP contribution in [-0.2, 0) is 13.5 Å². The maximum Gasteiger partial charge on any atom is 0.180 e. The highest BCUT2D eigenvalue weighted by Gasteiger charge is 2.14. The van der Waals surface area contributed by atoms with Crippen molar-refractivity contribution in [3.8, 4) is 0 Å². The van der Waals surface area contributed by atoms with E-state index in [1.165, 1.54) is 11.3 Å². The maximum atomic E-state index is 12.0. The molecule has 0 bridgehead atoms. The van der Waals surface area contributed by atoms with Gasteiger partial charge in [-0.25, -0.2) is 4.98 Å². The Kier molecular flexibility index (Phi) is 2.87. The van der Waals surface area contributed by atoms with E-state index in [9.17, 15) is 4.79 Å². The first-order valence-electron chi connectivity index (χ1n) is 5.00. The average molecular weight is 235 g/mol. The highest BCUT2D eigenvalue weighted by atomic mass is 32.1. The molecule has 0 saturated carbocycles. The van der Waals surface area contributed by atoms with Crippen molar-refractivity contribution in [1.29, 1.82) is 0 Å². The molecule has 5 heteroatoms. The number of carbonyl (C=O) groups excluding carboxylic acids is 1. The van der Waals surface area contributed by atoms with Gasteiger partial charge in [0.15, 0.2) is 5.78 Å². The number of ketones is 1. The number of thiazole rings is 1. The minimum absolute atomic E-state index is 0.114. The number of rotatable bonds is 3. The molecule has 16 heavy (non-hydrogen) atoms. The van der Waals surface area contributed by atoms with Gasteiger partial charge in [0.25, 0.3) is 0 Å². The minimum atomic E-state index is 0.114. The Hall–Kier alpha value is -1.49. The standard InChI is InChI=1S/C11H13N3OS/c1-7-4-9(14(3)13-7)5-10(15)11-8(2)12-6-16-11/h4,6H,5H2,1-3H3. The van der Waals surface area contributed by atoms with Gasteiger partial charge in [-0.15, -0.1) is 11.3 Å². The lowest BCUT2D eigenvalue weighted by Crippen LogP contribution is -2.07. The summed E-state index contributed by atoms with van der Waals surface area (Å²) in [5.74, 6) is 0.114. The highest BCUT2D eigenvalue weighted by molar-refractivity contribution is 7.11. The van der Waals surface area contributed by atoms with Crippen molar-refractivity contribution in [2.24, 2.45) is 7.05 Å². The second-order valence-corrected chi connectivity index (χ2v) is 4.62. The second kappa shape index (κ2) is 4.17. The van der Waals surface area contributed by atoms with Gasteiger partial charge < -0.3 is 0 Å². The quantitative estimate of drug-likeness (QED) is 0.764. The molecule has 4 nitrogen and oxygen atoms in total. The van der Waals surface area contributed by atoms with Crippen molar-refractivity contribution < 1.29 is 4.79 Å². The number of nitrogens with zero attached hydrogens (tertiary/aromatic N) is 3. The summed E-state index contributed by atoms with van der Waals surface area (Å²) in [6.45, 7) is 3.78. The zero-order valence-corrected chi connectivity index (χ0v) is 10.3. The summed E-state index contributed by atoms with van der Waals surface area (Å²) in [6, 6.07) is 1.94. The lowest BCUT2D eigenvalue weighted by Gasteiger charge is -2.00. The van der Waals surface area contributed by atoms with Gasteiger partial charge in [0.2, 0.25) is 0 Å². The third kappa shape index (κ3) is 2.04. The van der Waals surface area contributed by atoms with Crippen LogP contribution in [0, 0.1) is 13.8 Å². The lowest BCUT2D eigenvalue weighted by atomic mass is 10.1. The van der Waals surface area contributed by atoms with Crippen LogP contribution >= 0.6 is 11.3 Å². The van der Waals surface area contributed by atoms with E-state index in [1.54, 1.807) is 10.2 Å². The molecule has 0 saturated heterocycles. The van der Waals surface area contributed by atoms with Crippen LogP contribution in [0.25, 0.3) is 0 Å². The molecule has 0 unspecified atom stereocenters. The third-order valence-electron chi connectivity index (χ3n) is 2.44. The molecule has 2 heterocycles. The van der Waals surface area contributed by atoms with Crippen LogP contribution in [0.15, 0.2) is 11.6 Å². The van der Waals surface area contributed by atoms with Crippen LogP contribution in [0.5, 0.6) is 0 Å². The van der Waals surface area contributed by atoms with E-state index in [1.807, 2.05) is 27.0 Å². The molecule has 0 aliphatic heterocycles. The number of aromatic nitrogens is 3. The molecule has 2 rings (SSSR count). The van der Waals surface area contributed by atoms with Crippen molar-refractivity contribution in [3.63, 3.8) is 0 Å². The Morgan fingerprint density at radius 3 is 2.75 bits per heavy atom. The van der Waals surface area contributed by atoms with Gasteiger partial charge in [0.05, 0.1) is 28.2 Å². The van der Waals surface area contributed by atoms with Gasteiger partial charge >= 0.3 is 0 Å². The fraction of sp³-hybridized carbons (Fsp3) is 0.364. The molecule has 0 fully saturated rings. The molecule has 0 radical (unpaired) electrons. The summed E-state index contributed by atoms with van der Waals surface area (Å²) >= 11 is 1.40. The summed E-state index contributed by atoms with van der Waals surface area (Å²) in [5, 5.41) is 4.22. The summed E-state index contributed by atoms with van der Waals surface area (Å²) in [4.78, 5) is 16.8. The first kappa shape index (κ1) is 11.0. The largest absolute Gasteiger partial charge is 0.293 e. The molecule has 0 spiro atoms. The molecule has 0 atom stereocenters. The van der Waals surface area contributed by atoms with Gasteiger partial charge in [0.1, 0.15) is 0 Å². The van der Waals surface area contributed by atoms with Crippen LogP contribution in [-0.4, -0.2) is 20.5 Å². The second-order valence-electron chi connectivity index (χ2n) is 3.77. The number of hydrogen-bond acceptors (Lipinski definition) is 4. The van der Waals surface area contributed by atoms with Gasteiger partial charge in [-0.3, -0.25) is 9.48 Å². The molecule has 2 aromatic rings. The summed E-state index contributed by atoms with van der Waals surface area (Å²) in [7, 11) is 1.86. The van der Waals surface area contributed by atoms with Gasteiger partial charge in [-0.2, -0.15) is 5.10 Å². The first-order chi connectivity index (χ1) is 7.58. The van der Waals surface area contributed by atoms with E-state index < -0.39 is 0 Å². The molecule has 2 aromatic heterocycles. The fourth-order valence-corrected chi connectivity index (χ4v) is 2.39. The van der Waals surface area contributed by atoms with Gasteiger partial charge in [0, 0.05) is 12.7 Å². The average Bonchev–Trinajstić information content (AvgIpc) is 2.74. The Balaban J connectivity index is 2.20. The van der Waals surface area contributed by atoms with E-state index in [-0.39, 0.29) is 5.78 Å². The van der Waals surface area contributed by atoms with Crippen LogP contribution in [0.3, 0.4) is 0 Å². The predicted molar refractivity (Wildman–Crippen MR) is 62.8 cm³/mol. The fourth-order valence-electron chi connectivity index (χ4n) is 1.64. The van der Waals surface area contributed by atoms with E-state index in [0.717, 1.165) is 22.0 Å². The zero-order valence-electron chi connectivity index (χ0n) is 9.52. The van der Waals surface area contributed by atoms with E-state index in [4.69, 9.17) is 0 Å². The van der Waals surface area contributed by atoms with Crippen molar-refractivity contribution in [3.05, 3.63) is 33.5 Å². The molecule has 0 aliphatic rings. The van der Waals surface area contributed by atoms with Gasteiger partial charge in [-0.05, 0) is 19.9 Å². The van der Waals surface area contributed by atoms with Crippen molar-refractivity contribution >= 4 is 17.1 Å². The molecular weight excluding hydrogens is 222 g/mol. The molecule has 0 amide bonds. The number of aryl methyl sites for hydroxylation is 3. The molecule has 0 N–H and O–H groups in total. The Morgan fingerprint density at radius 2 is 2.25 bits per heavy atom. The van der Waals surface area contributed by atoms with E-state index >= 15 is 0 Å². The number of Topliss-reactive ketones (excluding diaryl/α,β-unsaturated/α-hetero) is 1. The summed E-state index contributed by atoms with van der Waals surface area (Å²) < 4.78 is 1.75. The van der Waals surface area contributed by atoms with E-state index in [2.05, 4.69) is 10.1 Å². The Morgan fingerprint density at radius 1 is 1.50 bits per heavy atom. The smallest absolute Gasteiger partial charge is 0.180 e.